The minimum Gasteiger partial charge on any atom is -0.372 e. The Morgan fingerprint density at radius 3 is 2.31 bits per heavy atom. The highest BCUT2D eigenvalue weighted by Crippen LogP contribution is 2.27. The van der Waals surface area contributed by atoms with E-state index in [4.69, 9.17) is 4.74 Å². The molecule has 0 fully saturated rings. The van der Waals surface area contributed by atoms with E-state index >= 15 is 0 Å². The van der Waals surface area contributed by atoms with Gasteiger partial charge >= 0.3 is 0 Å². The maximum Gasteiger partial charge on any atom is 0.271 e. The monoisotopic (exact) mass is 654 g/mol. The van der Waals surface area contributed by atoms with Crippen molar-refractivity contribution in [1.82, 2.24) is 30.8 Å². The lowest BCUT2D eigenvalue weighted by Gasteiger charge is -2.23. The van der Waals surface area contributed by atoms with Crippen LogP contribution >= 0.6 is 22.7 Å². The van der Waals surface area contributed by atoms with Crippen LogP contribution in [0, 0.1) is 5.92 Å². The van der Waals surface area contributed by atoms with Gasteiger partial charge in [-0.2, -0.15) is 0 Å². The third kappa shape index (κ3) is 10.4. The number of aromatic nitrogens is 2. The van der Waals surface area contributed by atoms with Gasteiger partial charge in [-0.3, -0.25) is 19.2 Å². The zero-order valence-corrected chi connectivity index (χ0v) is 27.7. The first kappa shape index (κ1) is 34.2. The number of hydrogen-bond acceptors (Lipinski definition) is 9. The fourth-order valence-corrected chi connectivity index (χ4v) is 6.69. The normalized spacial score (nSPS) is 18.9. The van der Waals surface area contributed by atoms with E-state index in [9.17, 15) is 19.2 Å². The van der Waals surface area contributed by atoms with Crippen LogP contribution in [0.5, 0.6) is 0 Å². The molecule has 242 valence electrons. The zero-order chi connectivity index (χ0) is 32.2. The van der Waals surface area contributed by atoms with Crippen LogP contribution in [-0.4, -0.2) is 71.3 Å². The molecule has 3 N–H and O–H groups in total. The first-order chi connectivity index (χ1) is 21.7. The minimum absolute atomic E-state index is 0.0313. The average molecular weight is 655 g/mol. The SMILES string of the molecule is CCOCC(=O)N1CCCNC(=O)c2csc(n2)[C@H](Cc2ccccc2)NC(=O)c2csc(n2)[C@H](CC(C)C)NC(=O)CCC1. The van der Waals surface area contributed by atoms with Gasteiger partial charge in [0, 0.05) is 43.4 Å². The van der Waals surface area contributed by atoms with E-state index in [-0.39, 0.29) is 60.0 Å². The summed E-state index contributed by atoms with van der Waals surface area (Å²) in [7, 11) is 0. The molecule has 2 atom stereocenters. The molecule has 11 nitrogen and oxygen atoms in total. The van der Waals surface area contributed by atoms with E-state index in [0.29, 0.717) is 61.9 Å². The molecule has 0 saturated carbocycles. The number of ether oxygens (including phenoxy) is 1. The van der Waals surface area contributed by atoms with Crippen LogP contribution in [-0.2, 0) is 20.7 Å². The largest absolute Gasteiger partial charge is 0.372 e. The van der Waals surface area contributed by atoms with Crippen LogP contribution in [0.2, 0.25) is 0 Å². The molecule has 13 heteroatoms. The molecule has 1 aliphatic heterocycles. The van der Waals surface area contributed by atoms with E-state index in [0.717, 1.165) is 5.56 Å². The first-order valence-corrected chi connectivity index (χ1v) is 17.2. The summed E-state index contributed by atoms with van der Waals surface area (Å²) in [5, 5.41) is 13.7. The Balaban J connectivity index is 1.60. The van der Waals surface area contributed by atoms with Gasteiger partial charge in [-0.05, 0) is 44.1 Å². The zero-order valence-electron chi connectivity index (χ0n) is 26.0. The summed E-state index contributed by atoms with van der Waals surface area (Å²) in [6.45, 7) is 7.53. The van der Waals surface area contributed by atoms with E-state index in [2.05, 4.69) is 39.8 Å². The molecule has 1 aromatic carbocycles. The van der Waals surface area contributed by atoms with Gasteiger partial charge in [0.2, 0.25) is 11.8 Å². The van der Waals surface area contributed by atoms with Crippen molar-refractivity contribution in [2.24, 2.45) is 5.92 Å². The van der Waals surface area contributed by atoms with Crippen LogP contribution in [0.25, 0.3) is 0 Å². The molecular formula is C32H42N6O5S2. The highest BCUT2D eigenvalue weighted by molar-refractivity contribution is 7.10. The highest BCUT2D eigenvalue weighted by Gasteiger charge is 2.25. The van der Waals surface area contributed by atoms with Crippen molar-refractivity contribution in [2.45, 2.75) is 65.0 Å². The van der Waals surface area contributed by atoms with Crippen LogP contribution in [0.4, 0.5) is 0 Å². The van der Waals surface area contributed by atoms with Crippen LogP contribution in [0.3, 0.4) is 0 Å². The fourth-order valence-electron chi connectivity index (χ4n) is 4.98. The van der Waals surface area contributed by atoms with Crippen molar-refractivity contribution in [1.29, 1.82) is 0 Å². The fraction of sp³-hybridized carbons (Fsp3) is 0.500. The van der Waals surface area contributed by atoms with E-state index in [1.165, 1.54) is 22.7 Å². The standard InChI is InChI=1S/C32H42N6O5S2/c1-4-43-18-28(40)38-14-8-12-27(39)34-23(16-21(2)3)31-37-26(20-45-31)30(42)35-24(17-22-10-6-5-7-11-22)32-36-25(19-44-32)29(41)33-13-9-15-38/h5-7,10-11,19-21,23-24H,4,8-9,12-18H2,1-3H3,(H,33,41)(H,34,39)(H,35,42)/t23-,24-/m0/s1. The predicted molar refractivity (Wildman–Crippen MR) is 174 cm³/mol. The predicted octanol–water partition coefficient (Wildman–Crippen LogP) is 4.30. The van der Waals surface area contributed by atoms with Gasteiger partial charge in [-0.15, -0.1) is 22.7 Å². The van der Waals surface area contributed by atoms with E-state index < -0.39 is 6.04 Å². The number of rotatable bonds is 7. The Morgan fingerprint density at radius 1 is 0.956 bits per heavy atom. The van der Waals surface area contributed by atoms with Gasteiger partial charge in [-0.1, -0.05) is 44.2 Å². The number of amides is 4. The van der Waals surface area contributed by atoms with Crippen LogP contribution in [0.15, 0.2) is 41.1 Å². The Kier molecular flexibility index (Phi) is 13.0. The molecule has 0 spiro atoms. The molecule has 0 radical (unpaired) electrons. The van der Waals surface area contributed by atoms with Gasteiger partial charge in [0.1, 0.15) is 28.0 Å². The third-order valence-electron chi connectivity index (χ3n) is 7.24. The molecule has 45 heavy (non-hydrogen) atoms. The molecule has 0 saturated heterocycles. The molecule has 3 heterocycles. The Labute approximate surface area is 272 Å². The lowest BCUT2D eigenvalue weighted by atomic mass is 10.0. The third-order valence-corrected chi connectivity index (χ3v) is 9.16. The molecule has 4 bridgehead atoms. The molecular weight excluding hydrogens is 613 g/mol. The summed E-state index contributed by atoms with van der Waals surface area (Å²) < 4.78 is 5.34. The number of fused-ring (bicyclic) bond motifs is 4. The summed E-state index contributed by atoms with van der Waals surface area (Å²) in [6, 6.07) is 8.95. The first-order valence-electron chi connectivity index (χ1n) is 15.4. The number of benzene rings is 1. The summed E-state index contributed by atoms with van der Waals surface area (Å²) in [5.74, 6) is -0.683. The van der Waals surface area contributed by atoms with Crippen molar-refractivity contribution in [3.8, 4) is 0 Å². The van der Waals surface area contributed by atoms with Crippen molar-refractivity contribution >= 4 is 46.3 Å². The maximum atomic E-state index is 13.5. The van der Waals surface area contributed by atoms with Crippen LogP contribution in [0.1, 0.15) is 95.1 Å². The number of nitrogens with zero attached hydrogens (tertiary/aromatic N) is 3. The van der Waals surface area contributed by atoms with E-state index in [1.807, 2.05) is 37.3 Å². The molecule has 3 aromatic rings. The second-order valence-corrected chi connectivity index (χ2v) is 13.1. The van der Waals surface area contributed by atoms with Gasteiger partial charge < -0.3 is 25.6 Å². The smallest absolute Gasteiger partial charge is 0.271 e. The number of carbonyl (C=O) groups excluding carboxylic acids is 4. The lowest BCUT2D eigenvalue weighted by molar-refractivity contribution is -0.136. The van der Waals surface area contributed by atoms with E-state index in [1.54, 1.807) is 15.7 Å². The van der Waals surface area contributed by atoms with Crippen molar-refractivity contribution in [3.05, 3.63) is 68.1 Å². The molecule has 4 rings (SSSR count). The quantitative estimate of drug-likeness (QED) is 0.345. The molecule has 0 unspecified atom stereocenters. The average Bonchev–Trinajstić information content (AvgIpc) is 3.71. The molecule has 1 aliphatic rings. The number of hydrogen-bond donors (Lipinski definition) is 3. The van der Waals surface area contributed by atoms with Gasteiger partial charge in [-0.25, -0.2) is 9.97 Å². The van der Waals surface area contributed by atoms with Gasteiger partial charge in [0.25, 0.3) is 11.8 Å². The van der Waals surface area contributed by atoms with Gasteiger partial charge in [0.05, 0.1) is 12.1 Å². The molecule has 2 aromatic heterocycles. The Hall–Kier alpha value is -3.68. The molecule has 0 aliphatic carbocycles. The molecule has 4 amide bonds. The van der Waals surface area contributed by atoms with Gasteiger partial charge in [0.15, 0.2) is 0 Å². The summed E-state index contributed by atoms with van der Waals surface area (Å²) in [5.41, 5.74) is 1.55. The minimum atomic E-state index is -0.484. The summed E-state index contributed by atoms with van der Waals surface area (Å²) >= 11 is 2.65. The second kappa shape index (κ2) is 17.1. The van der Waals surface area contributed by atoms with Crippen molar-refractivity contribution in [2.75, 3.05) is 32.8 Å². The highest BCUT2D eigenvalue weighted by atomic mass is 32.1. The number of thiazole rings is 2. The van der Waals surface area contributed by atoms with Crippen LogP contribution < -0.4 is 16.0 Å². The Morgan fingerprint density at radius 2 is 1.62 bits per heavy atom. The lowest BCUT2D eigenvalue weighted by Crippen LogP contribution is -2.38. The second-order valence-electron chi connectivity index (χ2n) is 11.3. The Bertz CT molecular complexity index is 1430. The van der Waals surface area contributed by atoms with Crippen molar-refractivity contribution < 1.29 is 23.9 Å². The maximum absolute atomic E-state index is 13.5. The summed E-state index contributed by atoms with van der Waals surface area (Å²) in [4.78, 5) is 63.2. The van der Waals surface area contributed by atoms with Crippen molar-refractivity contribution in [3.63, 3.8) is 0 Å². The number of carbonyl (C=O) groups is 4. The summed E-state index contributed by atoms with van der Waals surface area (Å²) in [6.07, 6.45) is 2.38. The topological polar surface area (TPSA) is 143 Å². The number of nitrogens with one attached hydrogen (secondary N) is 3.